The van der Waals surface area contributed by atoms with E-state index in [1.165, 1.54) is 0 Å². The second kappa shape index (κ2) is 3.69. The Balaban J connectivity index is 2.11. The van der Waals surface area contributed by atoms with Gasteiger partial charge in [0.15, 0.2) is 0 Å². The van der Waals surface area contributed by atoms with Gasteiger partial charge in [0.1, 0.15) is 0 Å². The molecule has 1 heterocycles. The maximum Gasteiger partial charge on any atom is 0.337 e. The summed E-state index contributed by atoms with van der Waals surface area (Å²) in [6, 6.07) is 5.51. The van der Waals surface area contributed by atoms with Crippen molar-refractivity contribution in [2.45, 2.75) is 18.9 Å². The van der Waals surface area contributed by atoms with E-state index in [4.69, 9.17) is 5.11 Å². The summed E-state index contributed by atoms with van der Waals surface area (Å²) in [5.41, 5.74) is 0.696. The zero-order valence-corrected chi connectivity index (χ0v) is 9.05. The van der Waals surface area contributed by atoms with Crippen LogP contribution in [0.15, 0.2) is 24.4 Å². The highest BCUT2D eigenvalue weighted by molar-refractivity contribution is 6.01. The number of carboxylic acids is 1. The van der Waals surface area contributed by atoms with Gasteiger partial charge in [0.2, 0.25) is 5.95 Å². The normalized spacial score (nSPS) is 14.8. The predicted octanol–water partition coefficient (Wildman–Crippen LogP) is 1.90. The van der Waals surface area contributed by atoms with E-state index in [2.05, 4.69) is 15.3 Å². The molecule has 0 bridgehead atoms. The van der Waals surface area contributed by atoms with Crippen molar-refractivity contribution in [2.24, 2.45) is 0 Å². The van der Waals surface area contributed by atoms with Crippen LogP contribution in [0.3, 0.4) is 0 Å². The van der Waals surface area contributed by atoms with E-state index >= 15 is 0 Å². The number of aromatic nitrogens is 2. The van der Waals surface area contributed by atoms with Gasteiger partial charge in [0.25, 0.3) is 0 Å². The van der Waals surface area contributed by atoms with Crippen LogP contribution in [0.1, 0.15) is 23.2 Å². The molecule has 0 amide bonds. The van der Waals surface area contributed by atoms with Crippen LogP contribution in [0.4, 0.5) is 5.95 Å². The summed E-state index contributed by atoms with van der Waals surface area (Å²) >= 11 is 0. The third-order valence-electron chi connectivity index (χ3n) is 2.75. The number of hydrogen-bond donors (Lipinski definition) is 2. The third-order valence-corrected chi connectivity index (χ3v) is 2.75. The van der Waals surface area contributed by atoms with Gasteiger partial charge in [0, 0.05) is 17.6 Å². The molecular formula is C12H11N3O2. The first-order valence-electron chi connectivity index (χ1n) is 5.49. The molecule has 1 aromatic carbocycles. The Hall–Kier alpha value is -2.17. The topological polar surface area (TPSA) is 75.1 Å². The van der Waals surface area contributed by atoms with Crippen LogP contribution in [-0.2, 0) is 0 Å². The summed E-state index contributed by atoms with van der Waals surface area (Å²) in [4.78, 5) is 19.5. The smallest absolute Gasteiger partial charge is 0.337 e. The van der Waals surface area contributed by atoms with Crippen LogP contribution in [0, 0.1) is 0 Å². The van der Waals surface area contributed by atoms with Crippen molar-refractivity contribution >= 4 is 22.8 Å². The van der Waals surface area contributed by atoms with Crippen LogP contribution in [-0.4, -0.2) is 27.1 Å². The largest absolute Gasteiger partial charge is 0.478 e. The fourth-order valence-corrected chi connectivity index (χ4v) is 1.71. The van der Waals surface area contributed by atoms with Gasteiger partial charge < -0.3 is 10.4 Å². The maximum absolute atomic E-state index is 11.1. The summed E-state index contributed by atoms with van der Waals surface area (Å²) < 4.78 is 0. The Kier molecular flexibility index (Phi) is 2.18. The molecule has 2 aromatic rings. The lowest BCUT2D eigenvalue weighted by molar-refractivity contribution is 0.0699. The summed E-state index contributed by atoms with van der Waals surface area (Å²) in [5, 5.41) is 13.0. The standard InChI is InChI=1S/C12H11N3O2/c16-11(17)9-3-1-2-7-6-13-12(15-10(7)9)14-8-4-5-8/h1-3,6,8H,4-5H2,(H,16,17)(H,13,14,15). The molecule has 1 aliphatic rings. The lowest BCUT2D eigenvalue weighted by Gasteiger charge is -2.05. The van der Waals surface area contributed by atoms with Gasteiger partial charge in [-0.05, 0) is 18.9 Å². The summed E-state index contributed by atoms with van der Waals surface area (Å²) in [6.45, 7) is 0. The molecule has 5 nitrogen and oxygen atoms in total. The molecule has 0 unspecified atom stereocenters. The van der Waals surface area contributed by atoms with E-state index in [-0.39, 0.29) is 5.56 Å². The zero-order chi connectivity index (χ0) is 11.8. The Morgan fingerprint density at radius 1 is 1.41 bits per heavy atom. The number of carbonyl (C=O) groups is 1. The molecule has 0 aliphatic heterocycles. The van der Waals surface area contributed by atoms with Gasteiger partial charge in [-0.2, -0.15) is 0 Å². The number of nitrogens with one attached hydrogen (secondary N) is 1. The summed E-state index contributed by atoms with van der Waals surface area (Å²) in [6.07, 6.45) is 3.91. The van der Waals surface area contributed by atoms with Gasteiger partial charge in [-0.1, -0.05) is 12.1 Å². The van der Waals surface area contributed by atoms with Crippen molar-refractivity contribution in [3.8, 4) is 0 Å². The Morgan fingerprint density at radius 2 is 2.24 bits per heavy atom. The van der Waals surface area contributed by atoms with Gasteiger partial charge in [-0.3, -0.25) is 0 Å². The van der Waals surface area contributed by atoms with Crippen LogP contribution in [0.2, 0.25) is 0 Å². The lowest BCUT2D eigenvalue weighted by atomic mass is 10.1. The van der Waals surface area contributed by atoms with E-state index in [1.807, 2.05) is 6.07 Å². The van der Waals surface area contributed by atoms with E-state index in [9.17, 15) is 4.79 Å². The van der Waals surface area contributed by atoms with E-state index < -0.39 is 5.97 Å². The SMILES string of the molecule is O=C(O)c1cccc2cnc(NC3CC3)nc12. The predicted molar refractivity (Wildman–Crippen MR) is 63.1 cm³/mol. The first-order chi connectivity index (χ1) is 8.24. The number of para-hydroxylation sites is 1. The molecule has 0 saturated heterocycles. The summed E-state index contributed by atoms with van der Waals surface area (Å²) in [5.74, 6) is -0.458. The second-order valence-corrected chi connectivity index (χ2v) is 4.16. The Bertz CT molecular complexity index is 593. The van der Waals surface area contributed by atoms with Gasteiger partial charge >= 0.3 is 5.97 Å². The van der Waals surface area contributed by atoms with Crippen LogP contribution in [0.5, 0.6) is 0 Å². The van der Waals surface area contributed by atoms with E-state index in [1.54, 1.807) is 18.3 Å². The number of rotatable bonds is 3. The minimum absolute atomic E-state index is 0.212. The number of fused-ring (bicyclic) bond motifs is 1. The monoisotopic (exact) mass is 229 g/mol. The fraction of sp³-hybridized carbons (Fsp3) is 0.250. The Labute approximate surface area is 97.5 Å². The molecule has 5 heteroatoms. The minimum atomic E-state index is -0.966. The van der Waals surface area contributed by atoms with Crippen molar-refractivity contribution in [2.75, 3.05) is 5.32 Å². The van der Waals surface area contributed by atoms with Crippen molar-refractivity contribution in [3.05, 3.63) is 30.0 Å². The molecule has 0 radical (unpaired) electrons. The zero-order valence-electron chi connectivity index (χ0n) is 9.05. The molecule has 3 rings (SSSR count). The minimum Gasteiger partial charge on any atom is -0.478 e. The second-order valence-electron chi connectivity index (χ2n) is 4.16. The number of anilines is 1. The molecule has 1 aromatic heterocycles. The van der Waals surface area contributed by atoms with Crippen molar-refractivity contribution in [1.82, 2.24) is 9.97 Å². The van der Waals surface area contributed by atoms with Crippen LogP contribution < -0.4 is 5.32 Å². The van der Waals surface area contributed by atoms with Crippen LogP contribution >= 0.6 is 0 Å². The van der Waals surface area contributed by atoms with E-state index in [0.717, 1.165) is 18.2 Å². The Morgan fingerprint density at radius 3 is 2.94 bits per heavy atom. The highest BCUT2D eigenvalue weighted by atomic mass is 16.4. The first kappa shape index (κ1) is 10.0. The molecular weight excluding hydrogens is 218 g/mol. The number of hydrogen-bond acceptors (Lipinski definition) is 4. The molecule has 1 saturated carbocycles. The fourth-order valence-electron chi connectivity index (χ4n) is 1.71. The van der Waals surface area contributed by atoms with Crippen molar-refractivity contribution < 1.29 is 9.90 Å². The third kappa shape index (κ3) is 1.91. The van der Waals surface area contributed by atoms with Crippen molar-refractivity contribution in [3.63, 3.8) is 0 Å². The lowest BCUT2D eigenvalue weighted by Crippen LogP contribution is -2.06. The number of nitrogens with zero attached hydrogens (tertiary/aromatic N) is 2. The first-order valence-corrected chi connectivity index (χ1v) is 5.49. The highest BCUT2D eigenvalue weighted by Gasteiger charge is 2.22. The number of aromatic carboxylic acids is 1. The maximum atomic E-state index is 11.1. The summed E-state index contributed by atoms with van der Waals surface area (Å²) in [7, 11) is 0. The number of carboxylic acid groups (broad SMARTS) is 1. The highest BCUT2D eigenvalue weighted by Crippen LogP contribution is 2.24. The van der Waals surface area contributed by atoms with Gasteiger partial charge in [0.05, 0.1) is 11.1 Å². The van der Waals surface area contributed by atoms with E-state index in [0.29, 0.717) is 17.5 Å². The molecule has 0 atom stereocenters. The average Bonchev–Trinajstić information content (AvgIpc) is 3.12. The average molecular weight is 229 g/mol. The molecule has 1 aliphatic carbocycles. The van der Waals surface area contributed by atoms with Crippen molar-refractivity contribution in [1.29, 1.82) is 0 Å². The van der Waals surface area contributed by atoms with Gasteiger partial charge in [-0.15, -0.1) is 0 Å². The molecule has 0 spiro atoms. The number of benzene rings is 1. The quantitative estimate of drug-likeness (QED) is 0.840. The van der Waals surface area contributed by atoms with Gasteiger partial charge in [-0.25, -0.2) is 14.8 Å². The molecule has 17 heavy (non-hydrogen) atoms. The molecule has 86 valence electrons. The molecule has 2 N–H and O–H groups in total. The van der Waals surface area contributed by atoms with Crippen LogP contribution in [0.25, 0.3) is 10.9 Å². The molecule has 1 fully saturated rings.